The molecule has 3 heteroatoms. The first-order chi connectivity index (χ1) is 10.3. The van der Waals surface area contributed by atoms with Crippen LogP contribution in [0.1, 0.15) is 84.0 Å². The van der Waals surface area contributed by atoms with Crippen LogP contribution >= 0.6 is 0 Å². The van der Waals surface area contributed by atoms with Gasteiger partial charge in [0.05, 0.1) is 6.04 Å². The summed E-state index contributed by atoms with van der Waals surface area (Å²) in [6.45, 7) is 3.10. The number of unbranched alkanes of at least 4 members (excludes halogenated alkanes) is 5. The van der Waals surface area contributed by atoms with Gasteiger partial charge in [0.1, 0.15) is 0 Å². The number of fused-ring (bicyclic) bond motifs is 1. The van der Waals surface area contributed by atoms with Crippen molar-refractivity contribution in [1.29, 1.82) is 0 Å². The molecule has 3 unspecified atom stereocenters. The Labute approximate surface area is 130 Å². The van der Waals surface area contributed by atoms with E-state index in [4.69, 9.17) is 0 Å². The number of nitrogens with one attached hydrogen (secondary N) is 2. The summed E-state index contributed by atoms with van der Waals surface area (Å²) in [7, 11) is 0. The van der Waals surface area contributed by atoms with Gasteiger partial charge in [-0.3, -0.25) is 4.79 Å². The summed E-state index contributed by atoms with van der Waals surface area (Å²) in [5.74, 6) is 1.08. The topological polar surface area (TPSA) is 41.1 Å². The molecule has 1 saturated carbocycles. The smallest absolute Gasteiger partial charge is 0.237 e. The summed E-state index contributed by atoms with van der Waals surface area (Å²) in [5, 5.41) is 6.75. The number of rotatable bonds is 8. The van der Waals surface area contributed by atoms with Crippen LogP contribution in [0.25, 0.3) is 0 Å². The molecule has 0 aromatic carbocycles. The summed E-state index contributed by atoms with van der Waals surface area (Å²) < 4.78 is 0. The highest BCUT2D eigenvalue weighted by atomic mass is 16.2. The van der Waals surface area contributed by atoms with Crippen LogP contribution in [0.4, 0.5) is 0 Å². The van der Waals surface area contributed by atoms with Gasteiger partial charge < -0.3 is 10.6 Å². The maximum Gasteiger partial charge on any atom is 0.237 e. The summed E-state index contributed by atoms with van der Waals surface area (Å²) in [6, 6.07) is 0.682. The minimum absolute atomic E-state index is 0.0736. The van der Waals surface area contributed by atoms with E-state index < -0.39 is 0 Å². The van der Waals surface area contributed by atoms with Crippen molar-refractivity contribution in [1.82, 2.24) is 10.6 Å². The average Bonchev–Trinajstić information content (AvgIpc) is 2.53. The van der Waals surface area contributed by atoms with Crippen molar-refractivity contribution in [3.05, 3.63) is 0 Å². The highest BCUT2D eigenvalue weighted by molar-refractivity contribution is 5.81. The molecule has 3 atom stereocenters. The average molecular weight is 294 g/mol. The van der Waals surface area contributed by atoms with Gasteiger partial charge in [0, 0.05) is 12.6 Å². The lowest BCUT2D eigenvalue weighted by atomic mass is 9.77. The zero-order valence-electron chi connectivity index (χ0n) is 13.8. The fraction of sp³-hybridized carbons (Fsp3) is 0.944. The molecule has 2 rings (SSSR count). The molecule has 0 radical (unpaired) electrons. The largest absolute Gasteiger partial charge is 0.355 e. The third-order valence-electron chi connectivity index (χ3n) is 5.30. The second kappa shape index (κ2) is 9.45. The number of carbonyl (C=O) groups is 1. The molecular formula is C18H34N2O. The van der Waals surface area contributed by atoms with E-state index in [1.165, 1.54) is 64.2 Å². The zero-order chi connectivity index (χ0) is 14.9. The molecule has 21 heavy (non-hydrogen) atoms. The van der Waals surface area contributed by atoms with Crippen molar-refractivity contribution >= 4 is 5.91 Å². The summed E-state index contributed by atoms with van der Waals surface area (Å²) in [6.07, 6.45) is 15.3. The molecule has 1 aliphatic carbocycles. The van der Waals surface area contributed by atoms with Crippen molar-refractivity contribution in [2.75, 3.05) is 6.54 Å². The van der Waals surface area contributed by atoms with Crippen molar-refractivity contribution in [2.45, 2.75) is 96.1 Å². The predicted molar refractivity (Wildman–Crippen MR) is 88.3 cm³/mol. The van der Waals surface area contributed by atoms with E-state index in [0.29, 0.717) is 6.04 Å². The Morgan fingerprint density at radius 1 is 1.00 bits per heavy atom. The molecule has 1 heterocycles. The molecule has 3 nitrogen and oxygen atoms in total. The first kappa shape index (κ1) is 16.8. The van der Waals surface area contributed by atoms with Crippen molar-refractivity contribution in [2.24, 2.45) is 5.92 Å². The van der Waals surface area contributed by atoms with Gasteiger partial charge >= 0.3 is 0 Å². The molecule has 1 saturated heterocycles. The molecule has 122 valence electrons. The van der Waals surface area contributed by atoms with E-state index >= 15 is 0 Å². The molecule has 0 bridgehead atoms. The van der Waals surface area contributed by atoms with Crippen LogP contribution in [0.5, 0.6) is 0 Å². The molecule has 1 amide bonds. The monoisotopic (exact) mass is 294 g/mol. The van der Waals surface area contributed by atoms with E-state index in [1.54, 1.807) is 0 Å². The van der Waals surface area contributed by atoms with Crippen LogP contribution in [0.2, 0.25) is 0 Å². The highest BCUT2D eigenvalue weighted by Gasteiger charge is 2.34. The lowest BCUT2D eigenvalue weighted by Crippen LogP contribution is -2.55. The van der Waals surface area contributed by atoms with Gasteiger partial charge in [-0.05, 0) is 38.0 Å². The summed E-state index contributed by atoms with van der Waals surface area (Å²) in [4.78, 5) is 12.2. The van der Waals surface area contributed by atoms with Gasteiger partial charge in [0.15, 0.2) is 0 Å². The van der Waals surface area contributed by atoms with Crippen molar-refractivity contribution < 1.29 is 4.79 Å². The van der Waals surface area contributed by atoms with Crippen molar-refractivity contribution in [3.63, 3.8) is 0 Å². The Morgan fingerprint density at radius 3 is 2.62 bits per heavy atom. The number of hydrogen-bond acceptors (Lipinski definition) is 2. The normalized spacial score (nSPS) is 28.9. The minimum atomic E-state index is 0.0736. The minimum Gasteiger partial charge on any atom is -0.355 e. The predicted octanol–water partition coefficient (Wildman–Crippen LogP) is 3.77. The molecule has 2 N–H and O–H groups in total. The summed E-state index contributed by atoms with van der Waals surface area (Å²) in [5.41, 5.74) is 0. The molecule has 2 aliphatic rings. The molecular weight excluding hydrogens is 260 g/mol. The van der Waals surface area contributed by atoms with E-state index in [1.807, 2.05) is 0 Å². The van der Waals surface area contributed by atoms with Crippen LogP contribution in [-0.2, 0) is 4.79 Å². The van der Waals surface area contributed by atoms with E-state index in [9.17, 15) is 4.79 Å². The molecule has 0 spiro atoms. The lowest BCUT2D eigenvalue weighted by Gasteiger charge is -2.39. The van der Waals surface area contributed by atoms with Crippen LogP contribution in [0.3, 0.4) is 0 Å². The zero-order valence-corrected chi connectivity index (χ0v) is 13.8. The van der Waals surface area contributed by atoms with Crippen LogP contribution in [0.15, 0.2) is 0 Å². The van der Waals surface area contributed by atoms with Gasteiger partial charge in [-0.15, -0.1) is 0 Å². The summed E-state index contributed by atoms with van der Waals surface area (Å²) >= 11 is 0. The fourth-order valence-electron chi connectivity index (χ4n) is 3.94. The van der Waals surface area contributed by atoms with Gasteiger partial charge in [-0.25, -0.2) is 0 Å². The lowest BCUT2D eigenvalue weighted by molar-refractivity contribution is -0.124. The quantitative estimate of drug-likeness (QED) is 0.669. The Kier molecular flexibility index (Phi) is 7.56. The van der Waals surface area contributed by atoms with Crippen LogP contribution in [0, 0.1) is 5.92 Å². The standard InChI is InChI=1S/C18H34N2O/c1-2-3-4-5-6-9-14-19-18(21)17-13-12-15-10-7-8-11-16(15)20-17/h15-17,20H,2-14H2,1H3,(H,19,21). The molecule has 2 fully saturated rings. The van der Waals surface area contributed by atoms with Crippen LogP contribution in [-0.4, -0.2) is 24.5 Å². The second-order valence-corrected chi connectivity index (χ2v) is 7.01. The van der Waals surface area contributed by atoms with Gasteiger partial charge in [-0.1, -0.05) is 51.9 Å². The van der Waals surface area contributed by atoms with E-state index in [-0.39, 0.29) is 11.9 Å². The Hall–Kier alpha value is -0.570. The first-order valence-electron chi connectivity index (χ1n) is 9.35. The number of carbonyl (C=O) groups excluding carboxylic acids is 1. The van der Waals surface area contributed by atoms with Gasteiger partial charge in [0.25, 0.3) is 0 Å². The third-order valence-corrected chi connectivity index (χ3v) is 5.30. The van der Waals surface area contributed by atoms with E-state index in [2.05, 4.69) is 17.6 Å². The fourth-order valence-corrected chi connectivity index (χ4v) is 3.94. The van der Waals surface area contributed by atoms with Crippen molar-refractivity contribution in [3.8, 4) is 0 Å². The number of hydrogen-bond donors (Lipinski definition) is 2. The van der Waals surface area contributed by atoms with Gasteiger partial charge in [0.2, 0.25) is 5.91 Å². The Balaban J connectivity index is 1.56. The highest BCUT2D eigenvalue weighted by Crippen LogP contribution is 2.32. The second-order valence-electron chi connectivity index (χ2n) is 7.01. The Bertz CT molecular complexity index is 306. The van der Waals surface area contributed by atoms with Gasteiger partial charge in [-0.2, -0.15) is 0 Å². The number of piperidine rings is 1. The molecule has 0 aromatic heterocycles. The maximum atomic E-state index is 12.2. The van der Waals surface area contributed by atoms with E-state index in [0.717, 1.165) is 25.3 Å². The first-order valence-corrected chi connectivity index (χ1v) is 9.35. The number of amides is 1. The van der Waals surface area contributed by atoms with Crippen LogP contribution < -0.4 is 10.6 Å². The molecule has 1 aliphatic heterocycles. The molecule has 0 aromatic rings. The SMILES string of the molecule is CCCCCCCCNC(=O)C1CCC2CCCCC2N1. The third kappa shape index (κ3) is 5.61. The Morgan fingerprint density at radius 2 is 1.76 bits per heavy atom. The maximum absolute atomic E-state index is 12.2.